The molecule has 15 heavy (non-hydrogen) atoms. The first-order chi connectivity index (χ1) is 4.24. The van der Waals surface area contributed by atoms with Crippen LogP contribution in [0.4, 0.5) is 0 Å². The van der Waals surface area contributed by atoms with Crippen LogP contribution < -0.4 is 49.6 Å². The van der Waals surface area contributed by atoms with Crippen molar-refractivity contribution < 1.29 is 71.3 Å². The van der Waals surface area contributed by atoms with Crippen LogP contribution in [0.1, 0.15) is 40.0 Å². The van der Waals surface area contributed by atoms with Gasteiger partial charge in [-0.05, 0) is 0 Å². The predicted molar refractivity (Wildman–Crippen MR) is 52.7 cm³/mol. The smallest absolute Gasteiger partial charge is 1.00 e. The van der Waals surface area contributed by atoms with Crippen molar-refractivity contribution >= 4 is 17.4 Å². The van der Waals surface area contributed by atoms with Crippen LogP contribution >= 0.6 is 0 Å². The van der Waals surface area contributed by atoms with Crippen LogP contribution in [0.5, 0.6) is 0 Å². The van der Waals surface area contributed by atoms with Crippen LogP contribution in [-0.4, -0.2) is 17.4 Å². The molecule has 0 saturated heterocycles. The molecule has 0 heterocycles. The van der Waals surface area contributed by atoms with Gasteiger partial charge >= 0.3 is 21.7 Å². The summed E-state index contributed by atoms with van der Waals surface area (Å²) in [6.07, 6.45) is 3.00. The topological polar surface area (TPSA) is 0 Å². The molecule has 0 aromatic heterocycles. The molecule has 0 nitrogen and oxygen atoms in total. The minimum atomic E-state index is 0. The van der Waals surface area contributed by atoms with Gasteiger partial charge in [-0.2, -0.15) is 19.3 Å². The van der Waals surface area contributed by atoms with E-state index in [1.807, 2.05) is 20.8 Å². The van der Waals surface area contributed by atoms with Gasteiger partial charge in [-0.3, -0.25) is 0 Å². The molecule has 0 aromatic carbocycles. The summed E-state index contributed by atoms with van der Waals surface area (Å²) in [5, 5.41) is 0. The van der Waals surface area contributed by atoms with E-state index < -0.39 is 0 Å². The fraction of sp³-hybridized carbons (Fsp3) is 0.667. The van der Waals surface area contributed by atoms with E-state index in [-0.39, 0.29) is 88.7 Å². The summed E-state index contributed by atoms with van der Waals surface area (Å²) in [5.41, 5.74) is 0. The van der Waals surface area contributed by atoms with Gasteiger partial charge in [-0.1, -0.05) is 20.8 Å². The van der Waals surface area contributed by atoms with Crippen LogP contribution in [-0.2, 0) is 21.7 Å². The number of hydrogen-bond acceptors (Lipinski definition) is 0. The normalized spacial score (nSPS) is 3.60. The van der Waals surface area contributed by atoms with Crippen molar-refractivity contribution in [3.05, 3.63) is 20.8 Å². The Hall–Kier alpha value is 2.41. The summed E-state index contributed by atoms with van der Waals surface area (Å²) in [6.45, 7) is 16.5. The quantitative estimate of drug-likeness (QED) is 0.302. The Morgan fingerprint density at radius 2 is 0.600 bits per heavy atom. The molecule has 3 radical (unpaired) electrons. The molecule has 0 amide bonds. The third-order valence-electron chi connectivity index (χ3n) is 0. The molecular weight excluding hydrogens is 325 g/mol. The Morgan fingerprint density at radius 3 is 0.600 bits per heavy atom. The second-order valence-corrected chi connectivity index (χ2v) is 1.50. The van der Waals surface area contributed by atoms with Crippen LogP contribution in [0.3, 0.4) is 0 Å². The average Bonchev–Trinajstić information content (AvgIpc) is 1.70. The Kier molecular flexibility index (Phi) is 589. The fourth-order valence-electron chi connectivity index (χ4n) is 0. The first-order valence-corrected chi connectivity index (χ1v) is 3.62. The Labute approximate surface area is 148 Å². The van der Waals surface area contributed by atoms with Crippen LogP contribution in [0.2, 0.25) is 0 Å². The SMILES string of the molecule is [Al].[CH2-]CC.[CH2-]CC.[CH2-]CC.[Cl-].[Cl-].[Cl-].[Cl-].[Ti+4]. The van der Waals surface area contributed by atoms with Gasteiger partial charge in [-0.15, -0.1) is 0 Å². The van der Waals surface area contributed by atoms with Crippen molar-refractivity contribution in [1.82, 2.24) is 0 Å². The van der Waals surface area contributed by atoms with E-state index in [1.54, 1.807) is 0 Å². The van der Waals surface area contributed by atoms with E-state index >= 15 is 0 Å². The molecule has 0 aromatic rings. The summed E-state index contributed by atoms with van der Waals surface area (Å²) in [4.78, 5) is 0. The van der Waals surface area contributed by atoms with Crippen molar-refractivity contribution in [3.63, 3.8) is 0 Å². The summed E-state index contributed by atoms with van der Waals surface area (Å²) >= 11 is 0. The number of hydrogen-bond donors (Lipinski definition) is 0. The zero-order valence-electron chi connectivity index (χ0n) is 9.83. The molecule has 95 valence electrons. The largest absolute Gasteiger partial charge is 4.00 e. The van der Waals surface area contributed by atoms with Gasteiger partial charge in [0.1, 0.15) is 0 Å². The molecule has 0 N–H and O–H groups in total. The third kappa shape index (κ3) is 588. The fourth-order valence-corrected chi connectivity index (χ4v) is 0. The first-order valence-electron chi connectivity index (χ1n) is 3.62. The first kappa shape index (κ1) is 66.3. The molecule has 0 atom stereocenters. The second kappa shape index (κ2) is 133. The standard InChI is InChI=1S/3C3H7.Al.4ClH.Ti/c3*1-3-2;;;;;;/h3*1,3H2,2H3;;4*1H;/q3*-1;;;;;;+4/p-4. The van der Waals surface area contributed by atoms with Crippen molar-refractivity contribution in [2.75, 3.05) is 0 Å². The van der Waals surface area contributed by atoms with Gasteiger partial charge in [0.2, 0.25) is 0 Å². The molecule has 0 aliphatic carbocycles. The van der Waals surface area contributed by atoms with Crippen LogP contribution in [0.25, 0.3) is 0 Å². The van der Waals surface area contributed by atoms with Crippen LogP contribution in [0, 0.1) is 20.8 Å². The minimum absolute atomic E-state index is 0. The number of rotatable bonds is 0. The van der Waals surface area contributed by atoms with E-state index in [0.717, 1.165) is 19.3 Å². The zero-order valence-corrected chi connectivity index (χ0v) is 15.6. The monoisotopic (exact) mass is 344 g/mol. The molecule has 6 heteroatoms. The maximum absolute atomic E-state index is 3.49. The minimum Gasteiger partial charge on any atom is -1.00 e. The average molecular weight is 346 g/mol. The molecule has 0 aliphatic heterocycles. The Balaban J connectivity index is -0.00000000429. The van der Waals surface area contributed by atoms with Crippen molar-refractivity contribution in [1.29, 1.82) is 0 Å². The molecule has 0 spiro atoms. The van der Waals surface area contributed by atoms with E-state index in [9.17, 15) is 0 Å². The van der Waals surface area contributed by atoms with Crippen molar-refractivity contribution in [3.8, 4) is 0 Å². The van der Waals surface area contributed by atoms with Crippen molar-refractivity contribution in [2.24, 2.45) is 0 Å². The molecule has 0 fully saturated rings. The molecule has 0 saturated carbocycles. The molecule has 0 aliphatic rings. The number of halogens is 4. The van der Waals surface area contributed by atoms with Gasteiger partial charge in [0.25, 0.3) is 0 Å². The third-order valence-corrected chi connectivity index (χ3v) is 0. The Morgan fingerprint density at radius 1 is 0.600 bits per heavy atom. The second-order valence-electron chi connectivity index (χ2n) is 1.50. The summed E-state index contributed by atoms with van der Waals surface area (Å²) in [5.74, 6) is 0. The van der Waals surface area contributed by atoms with Gasteiger partial charge in [0, 0.05) is 17.4 Å². The van der Waals surface area contributed by atoms with E-state index in [0.29, 0.717) is 0 Å². The molecule has 0 bridgehead atoms. The molecule has 0 unspecified atom stereocenters. The Bertz CT molecular complexity index is 26.8. The van der Waals surface area contributed by atoms with E-state index in [1.165, 1.54) is 0 Å². The summed E-state index contributed by atoms with van der Waals surface area (Å²) in [6, 6.07) is 0. The molecular formula is C9H21AlCl4Ti-3. The van der Waals surface area contributed by atoms with Gasteiger partial charge in [0.15, 0.2) is 0 Å². The van der Waals surface area contributed by atoms with Gasteiger partial charge in [-0.25, -0.2) is 0 Å². The van der Waals surface area contributed by atoms with Gasteiger partial charge in [0.05, 0.1) is 0 Å². The maximum Gasteiger partial charge on any atom is 4.00 e. The van der Waals surface area contributed by atoms with E-state index in [4.69, 9.17) is 0 Å². The van der Waals surface area contributed by atoms with E-state index in [2.05, 4.69) is 20.8 Å². The predicted octanol–water partition coefficient (Wildman–Crippen LogP) is -8.68. The zero-order chi connectivity index (χ0) is 8.12. The van der Waals surface area contributed by atoms with Crippen molar-refractivity contribution in [2.45, 2.75) is 40.0 Å². The maximum atomic E-state index is 3.49. The summed E-state index contributed by atoms with van der Waals surface area (Å²) in [7, 11) is 0. The molecule has 0 rings (SSSR count). The van der Waals surface area contributed by atoms with Gasteiger partial charge < -0.3 is 70.4 Å². The van der Waals surface area contributed by atoms with Crippen LogP contribution in [0.15, 0.2) is 0 Å². The summed E-state index contributed by atoms with van der Waals surface area (Å²) < 4.78 is 0.